The Morgan fingerprint density at radius 1 is 1.25 bits per heavy atom. The molecule has 4 heteroatoms. The average molecular weight is 104 g/mol. The monoisotopic (exact) mass is 104 g/mol. The second kappa shape index (κ2) is 8.82. The number of hydrogen-bond donors (Lipinski definition) is 0. The summed E-state index contributed by atoms with van der Waals surface area (Å²) in [6, 6.07) is 0. The molecule has 0 aromatic rings. The summed E-state index contributed by atoms with van der Waals surface area (Å²) in [4.78, 5) is 0. The van der Waals surface area contributed by atoms with E-state index in [4.69, 9.17) is 9.11 Å². The zero-order valence-electron chi connectivity index (χ0n) is 1.93. The molecule has 0 aliphatic heterocycles. The van der Waals surface area contributed by atoms with Crippen molar-refractivity contribution in [2.45, 2.75) is 0 Å². The first-order valence-corrected chi connectivity index (χ1v) is 1.00. The maximum atomic E-state index is 8.29. The Bertz CT molecular complexity index is 6.00. The predicted molar refractivity (Wildman–Crippen MR) is 14.9 cm³/mol. The van der Waals surface area contributed by atoms with Gasteiger partial charge >= 0.3 is 37.7 Å². The summed E-state index contributed by atoms with van der Waals surface area (Å²) in [5.74, 6) is 0. The van der Waals surface area contributed by atoms with Crippen molar-refractivity contribution in [1.82, 2.24) is 0 Å². The Morgan fingerprint density at radius 3 is 1.25 bits per heavy atom. The third-order valence-corrected chi connectivity index (χ3v) is 0. The van der Waals surface area contributed by atoms with Gasteiger partial charge < -0.3 is 21.4 Å². The van der Waals surface area contributed by atoms with Crippen LogP contribution in [0.25, 0.3) is 0 Å². The number of hydrogen-bond acceptors (Lipinski definition) is 3. The van der Waals surface area contributed by atoms with Gasteiger partial charge in [0.15, 0.2) is 0 Å². The van der Waals surface area contributed by atoms with Gasteiger partial charge in [0.05, 0.1) is 0 Å². The van der Waals surface area contributed by atoms with Crippen LogP contribution in [-0.4, -0.2) is 46.8 Å². The van der Waals surface area contributed by atoms with Crippen molar-refractivity contribution in [2.24, 2.45) is 0 Å². The molecule has 0 aromatic heterocycles. The maximum absolute atomic E-state index is 8.29. The summed E-state index contributed by atoms with van der Waals surface area (Å²) < 4.78 is 16.6. The summed E-state index contributed by atoms with van der Waals surface area (Å²) in [6.45, 7) is 0. The van der Waals surface area contributed by atoms with Crippen LogP contribution < -0.4 is 0 Å². The van der Waals surface area contributed by atoms with Crippen LogP contribution in [0.1, 0.15) is 0 Å². The molecule has 0 fully saturated rings. The van der Waals surface area contributed by atoms with Crippen LogP contribution >= 0.6 is 12.3 Å². The van der Waals surface area contributed by atoms with Gasteiger partial charge in [-0.3, -0.25) is 0 Å². The smallest absolute Gasteiger partial charge is 0.811 e. The fourth-order valence-electron chi connectivity index (χ4n) is 0. The molecule has 2 nitrogen and oxygen atoms in total. The molecule has 0 aliphatic rings. The molecule has 4 heavy (non-hydrogen) atoms. The minimum Gasteiger partial charge on any atom is -0.811 e. The molecule has 0 atom stereocenters. The Labute approximate surface area is 58.6 Å². The zero-order valence-corrected chi connectivity index (χ0v) is 4.96. The van der Waals surface area contributed by atoms with Gasteiger partial charge in [0.2, 0.25) is 0 Å². The van der Waals surface area contributed by atoms with Gasteiger partial charge in [-0.1, -0.05) is 0 Å². The first kappa shape index (κ1) is 9.11. The predicted octanol–water partition coefficient (Wildman–Crippen LogP) is -0.400. The van der Waals surface area contributed by atoms with E-state index in [1.165, 1.54) is 0 Å². The van der Waals surface area contributed by atoms with E-state index in [2.05, 4.69) is 0 Å². The summed E-state index contributed by atoms with van der Waals surface area (Å²) >= 11 is -0.750. The molecule has 0 bridgehead atoms. The third kappa shape index (κ3) is 9.65. The van der Waals surface area contributed by atoms with Crippen molar-refractivity contribution in [3.05, 3.63) is 0 Å². The van der Waals surface area contributed by atoms with Crippen LogP contribution in [0, 0.1) is 0 Å². The van der Waals surface area contributed by atoms with Gasteiger partial charge in [0.1, 0.15) is 0 Å². The van der Waals surface area contributed by atoms with E-state index in [-0.39, 0.29) is 37.7 Å². The van der Waals surface area contributed by atoms with Gasteiger partial charge in [-0.15, -0.1) is 0 Å². The number of rotatable bonds is 0. The molecule has 0 N–H and O–H groups in total. The van der Waals surface area contributed by atoms with Crippen molar-refractivity contribution >= 4 is 50.1 Å². The van der Waals surface area contributed by atoms with Crippen molar-refractivity contribution in [2.75, 3.05) is 0 Å². The first-order chi connectivity index (χ1) is 1.41. The fraction of sp³-hybridized carbons (Fsp3) is 0. The molecule has 0 amide bonds. The molecule has 0 radical (unpaired) electrons. The second-order valence-corrected chi connectivity index (χ2v) is 0.204. The van der Waals surface area contributed by atoms with Crippen LogP contribution in [-0.2, 0) is 0 Å². The summed E-state index contributed by atoms with van der Waals surface area (Å²) in [5.41, 5.74) is 0. The van der Waals surface area contributed by atoms with E-state index >= 15 is 0 Å². The Morgan fingerprint density at radius 2 is 1.25 bits per heavy atom. The standard InChI is InChI=1S/Ca.H2O2S/c;1-3-2/h;1-2H/q+2;/p-2. The molecule has 0 unspecified atom stereocenters. The molecular weight excluding hydrogens is 104 g/mol. The molecule has 0 spiro atoms. The molecule has 0 aromatic carbocycles. The molecule has 20 valence electrons. The first-order valence-electron chi connectivity index (χ1n) is 0.333. The van der Waals surface area contributed by atoms with Crippen LogP contribution in [0.15, 0.2) is 0 Å². The van der Waals surface area contributed by atoms with E-state index in [9.17, 15) is 0 Å². The molecular formula is CaO2S. The largest absolute Gasteiger partial charge is 2.00 e. The Hall–Kier alpha value is 1.53. The summed E-state index contributed by atoms with van der Waals surface area (Å²) in [5, 5.41) is 0. The topological polar surface area (TPSA) is 46.1 Å². The zero-order chi connectivity index (χ0) is 2.71. The van der Waals surface area contributed by atoms with E-state index in [0.29, 0.717) is 0 Å². The van der Waals surface area contributed by atoms with Crippen LogP contribution in [0.5, 0.6) is 0 Å². The molecule has 0 aliphatic carbocycles. The fourth-order valence-corrected chi connectivity index (χ4v) is 0. The van der Waals surface area contributed by atoms with Crippen molar-refractivity contribution < 1.29 is 9.11 Å². The van der Waals surface area contributed by atoms with Crippen molar-refractivity contribution in [3.8, 4) is 0 Å². The van der Waals surface area contributed by atoms with E-state index in [1.807, 2.05) is 0 Å². The molecule has 0 heterocycles. The Kier molecular flexibility index (Phi) is 20.1. The van der Waals surface area contributed by atoms with Gasteiger partial charge in [0, 0.05) is 0 Å². The van der Waals surface area contributed by atoms with Gasteiger partial charge in [-0.25, -0.2) is 0 Å². The average Bonchev–Trinajstić information content (AvgIpc) is 0.918. The van der Waals surface area contributed by atoms with Crippen molar-refractivity contribution in [1.29, 1.82) is 0 Å². The van der Waals surface area contributed by atoms with Crippen LogP contribution in [0.4, 0.5) is 0 Å². The van der Waals surface area contributed by atoms with Crippen LogP contribution in [0.3, 0.4) is 0 Å². The van der Waals surface area contributed by atoms with Gasteiger partial charge in [0.25, 0.3) is 0 Å². The summed E-state index contributed by atoms with van der Waals surface area (Å²) in [6.07, 6.45) is 0. The van der Waals surface area contributed by atoms with Crippen LogP contribution in [0.2, 0.25) is 0 Å². The Balaban J connectivity index is 0. The van der Waals surface area contributed by atoms with Crippen molar-refractivity contribution in [3.63, 3.8) is 0 Å². The minimum atomic E-state index is -0.750. The van der Waals surface area contributed by atoms with E-state index < -0.39 is 12.3 Å². The molecule has 0 rings (SSSR count). The third-order valence-electron chi connectivity index (χ3n) is 0. The molecule has 0 saturated carbocycles. The molecule has 0 saturated heterocycles. The van der Waals surface area contributed by atoms with Gasteiger partial charge in [-0.2, -0.15) is 0 Å². The SMILES string of the molecule is [Ca+2].[O-]S[O-]. The summed E-state index contributed by atoms with van der Waals surface area (Å²) in [7, 11) is 0. The van der Waals surface area contributed by atoms with E-state index in [1.54, 1.807) is 0 Å². The van der Waals surface area contributed by atoms with E-state index in [0.717, 1.165) is 0 Å². The normalized spacial score (nSPS) is 4.50. The minimum absolute atomic E-state index is 0. The maximum Gasteiger partial charge on any atom is 2.00 e. The second-order valence-electron chi connectivity index (χ2n) is 0.0680. The quantitative estimate of drug-likeness (QED) is 0.310. The van der Waals surface area contributed by atoms with Gasteiger partial charge in [-0.05, 0) is 0 Å².